The molecule has 2 aromatic heterocycles. The van der Waals surface area contributed by atoms with Crippen LogP contribution in [0, 0.1) is 11.3 Å². The number of nitriles is 1. The standard InChI is InChI=1S/C19H14N4OS/c20-11-13-5-7-14(8-6-13)22-18-17-16(4-1-9-21-17)19(24)23(18)12-15-3-2-10-25-15/h1-10,18,22H,12H2. The molecule has 0 saturated heterocycles. The van der Waals surface area contributed by atoms with Gasteiger partial charge in [-0.25, -0.2) is 0 Å². The molecular weight excluding hydrogens is 332 g/mol. The predicted octanol–water partition coefficient (Wildman–Crippen LogP) is 3.78. The van der Waals surface area contributed by atoms with Crippen molar-refractivity contribution in [3.05, 3.63) is 81.8 Å². The zero-order chi connectivity index (χ0) is 17.2. The molecule has 122 valence electrons. The molecule has 4 rings (SSSR count). The summed E-state index contributed by atoms with van der Waals surface area (Å²) >= 11 is 1.63. The number of nitrogens with zero attached hydrogens (tertiary/aromatic N) is 3. The second-order valence-corrected chi connectivity index (χ2v) is 6.72. The molecule has 25 heavy (non-hydrogen) atoms. The Morgan fingerprint density at radius 1 is 1.20 bits per heavy atom. The molecule has 1 unspecified atom stereocenters. The van der Waals surface area contributed by atoms with E-state index in [2.05, 4.69) is 16.4 Å². The molecular formula is C19H14N4OS. The van der Waals surface area contributed by atoms with E-state index in [0.29, 0.717) is 17.7 Å². The van der Waals surface area contributed by atoms with E-state index in [0.717, 1.165) is 16.3 Å². The number of benzene rings is 1. The first-order valence-electron chi connectivity index (χ1n) is 7.81. The molecule has 0 bridgehead atoms. The molecule has 0 aliphatic carbocycles. The lowest BCUT2D eigenvalue weighted by Gasteiger charge is -2.26. The Bertz CT molecular complexity index is 944. The highest BCUT2D eigenvalue weighted by Gasteiger charge is 2.37. The number of anilines is 1. The van der Waals surface area contributed by atoms with E-state index in [-0.39, 0.29) is 12.1 Å². The highest BCUT2D eigenvalue weighted by molar-refractivity contribution is 7.09. The van der Waals surface area contributed by atoms with Crippen molar-refractivity contribution in [2.45, 2.75) is 12.7 Å². The van der Waals surface area contributed by atoms with Crippen LogP contribution in [0.3, 0.4) is 0 Å². The summed E-state index contributed by atoms with van der Waals surface area (Å²) in [5.41, 5.74) is 2.80. The third kappa shape index (κ3) is 2.86. The largest absolute Gasteiger partial charge is 0.360 e. The molecule has 1 N–H and O–H groups in total. The van der Waals surface area contributed by atoms with Crippen LogP contribution >= 0.6 is 11.3 Å². The summed E-state index contributed by atoms with van der Waals surface area (Å²) in [4.78, 5) is 20.2. The normalized spacial score (nSPS) is 15.7. The van der Waals surface area contributed by atoms with Crippen molar-refractivity contribution >= 4 is 22.9 Å². The van der Waals surface area contributed by atoms with Gasteiger partial charge in [-0.05, 0) is 47.8 Å². The van der Waals surface area contributed by atoms with E-state index in [1.807, 2.05) is 35.7 Å². The van der Waals surface area contributed by atoms with Gasteiger partial charge in [-0.2, -0.15) is 5.26 Å². The second-order valence-electron chi connectivity index (χ2n) is 5.68. The molecule has 6 heteroatoms. The fourth-order valence-corrected chi connectivity index (χ4v) is 3.62. The molecule has 0 saturated carbocycles. The molecule has 5 nitrogen and oxygen atoms in total. The predicted molar refractivity (Wildman–Crippen MR) is 96.0 cm³/mol. The Kier molecular flexibility index (Phi) is 3.92. The van der Waals surface area contributed by atoms with E-state index in [4.69, 9.17) is 5.26 Å². The maximum atomic E-state index is 12.8. The number of hydrogen-bond donors (Lipinski definition) is 1. The van der Waals surface area contributed by atoms with Crippen LogP contribution in [0.5, 0.6) is 0 Å². The van der Waals surface area contributed by atoms with Gasteiger partial charge in [0.1, 0.15) is 6.17 Å². The molecule has 1 atom stereocenters. The van der Waals surface area contributed by atoms with Gasteiger partial charge in [0.2, 0.25) is 0 Å². The van der Waals surface area contributed by atoms with Crippen LogP contribution in [0.2, 0.25) is 0 Å². The zero-order valence-electron chi connectivity index (χ0n) is 13.2. The maximum absolute atomic E-state index is 12.8. The van der Waals surface area contributed by atoms with Crippen LogP contribution in [0.25, 0.3) is 0 Å². The number of aromatic nitrogens is 1. The lowest BCUT2D eigenvalue weighted by Crippen LogP contribution is -2.31. The highest BCUT2D eigenvalue weighted by atomic mass is 32.1. The van der Waals surface area contributed by atoms with Crippen molar-refractivity contribution in [1.29, 1.82) is 5.26 Å². The summed E-state index contributed by atoms with van der Waals surface area (Å²) < 4.78 is 0. The Balaban J connectivity index is 1.67. The number of thiophene rings is 1. The fourth-order valence-electron chi connectivity index (χ4n) is 2.91. The van der Waals surface area contributed by atoms with Gasteiger partial charge in [-0.15, -0.1) is 11.3 Å². The van der Waals surface area contributed by atoms with Crippen LogP contribution < -0.4 is 5.32 Å². The van der Waals surface area contributed by atoms with Crippen molar-refractivity contribution in [3.8, 4) is 6.07 Å². The molecule has 0 radical (unpaired) electrons. The fraction of sp³-hybridized carbons (Fsp3) is 0.105. The summed E-state index contributed by atoms with van der Waals surface area (Å²) in [6.45, 7) is 0.529. The number of hydrogen-bond acceptors (Lipinski definition) is 5. The highest BCUT2D eigenvalue weighted by Crippen LogP contribution is 2.34. The van der Waals surface area contributed by atoms with E-state index in [9.17, 15) is 4.79 Å². The molecule has 1 amide bonds. The van der Waals surface area contributed by atoms with Crippen molar-refractivity contribution < 1.29 is 4.79 Å². The molecule has 3 aromatic rings. The number of pyridine rings is 1. The molecule has 1 aliphatic heterocycles. The third-order valence-electron chi connectivity index (χ3n) is 4.12. The van der Waals surface area contributed by atoms with E-state index in [1.165, 1.54) is 0 Å². The van der Waals surface area contributed by atoms with E-state index < -0.39 is 0 Å². The van der Waals surface area contributed by atoms with Crippen LogP contribution in [-0.2, 0) is 6.54 Å². The van der Waals surface area contributed by atoms with Gasteiger partial charge in [-0.3, -0.25) is 9.78 Å². The minimum atomic E-state index is -0.335. The average molecular weight is 346 g/mol. The van der Waals surface area contributed by atoms with Crippen LogP contribution in [-0.4, -0.2) is 15.8 Å². The number of carbonyl (C=O) groups is 1. The average Bonchev–Trinajstić information content (AvgIpc) is 3.25. The summed E-state index contributed by atoms with van der Waals surface area (Å²) in [7, 11) is 0. The zero-order valence-corrected chi connectivity index (χ0v) is 14.0. The third-order valence-corrected chi connectivity index (χ3v) is 4.99. The molecule has 0 fully saturated rings. The summed E-state index contributed by atoms with van der Waals surface area (Å²) in [6.07, 6.45) is 1.37. The van der Waals surface area contributed by atoms with Gasteiger partial charge in [0, 0.05) is 16.8 Å². The number of nitrogens with one attached hydrogen (secondary N) is 1. The minimum absolute atomic E-state index is 0.0253. The molecule has 1 aliphatic rings. The number of carbonyl (C=O) groups excluding carboxylic acids is 1. The van der Waals surface area contributed by atoms with Crippen LogP contribution in [0.1, 0.15) is 32.7 Å². The van der Waals surface area contributed by atoms with E-state index in [1.54, 1.807) is 40.6 Å². The maximum Gasteiger partial charge on any atom is 0.258 e. The number of fused-ring (bicyclic) bond motifs is 1. The summed E-state index contributed by atoms with van der Waals surface area (Å²) in [6, 6.07) is 16.9. The van der Waals surface area contributed by atoms with Crippen LogP contribution in [0.15, 0.2) is 60.1 Å². The van der Waals surface area contributed by atoms with Gasteiger partial charge in [0.25, 0.3) is 5.91 Å². The Hall–Kier alpha value is -3.17. The lowest BCUT2D eigenvalue weighted by atomic mass is 10.2. The van der Waals surface area contributed by atoms with Crippen molar-refractivity contribution in [2.24, 2.45) is 0 Å². The molecule has 0 spiro atoms. The summed E-state index contributed by atoms with van der Waals surface area (Å²) in [5.74, 6) is -0.0253. The SMILES string of the molecule is N#Cc1ccc(NC2c3ncccc3C(=O)N2Cc2cccs2)cc1. The number of rotatable bonds is 4. The first-order valence-corrected chi connectivity index (χ1v) is 8.69. The van der Waals surface area contributed by atoms with Crippen molar-refractivity contribution in [1.82, 2.24) is 9.88 Å². The first-order chi connectivity index (χ1) is 12.3. The van der Waals surface area contributed by atoms with Crippen molar-refractivity contribution in [2.75, 3.05) is 5.32 Å². The van der Waals surface area contributed by atoms with E-state index >= 15 is 0 Å². The summed E-state index contributed by atoms with van der Waals surface area (Å²) in [5, 5.41) is 14.3. The smallest absolute Gasteiger partial charge is 0.258 e. The van der Waals surface area contributed by atoms with Gasteiger partial charge in [0.05, 0.1) is 29.4 Å². The Labute approximate surface area is 149 Å². The van der Waals surface area contributed by atoms with Gasteiger partial charge in [0.15, 0.2) is 0 Å². The quantitative estimate of drug-likeness (QED) is 0.780. The first kappa shape index (κ1) is 15.4. The van der Waals surface area contributed by atoms with Crippen molar-refractivity contribution in [3.63, 3.8) is 0 Å². The van der Waals surface area contributed by atoms with Gasteiger partial charge >= 0.3 is 0 Å². The molecule has 3 heterocycles. The van der Waals surface area contributed by atoms with Gasteiger partial charge < -0.3 is 10.2 Å². The van der Waals surface area contributed by atoms with Gasteiger partial charge in [-0.1, -0.05) is 6.07 Å². The Morgan fingerprint density at radius 3 is 2.76 bits per heavy atom. The minimum Gasteiger partial charge on any atom is -0.360 e. The van der Waals surface area contributed by atoms with Crippen LogP contribution in [0.4, 0.5) is 5.69 Å². The Morgan fingerprint density at radius 2 is 2.04 bits per heavy atom. The number of amides is 1. The topological polar surface area (TPSA) is 69.0 Å². The lowest BCUT2D eigenvalue weighted by molar-refractivity contribution is 0.0729. The second kappa shape index (κ2) is 6.38. The monoisotopic (exact) mass is 346 g/mol. The molecule has 1 aromatic carbocycles.